The van der Waals surface area contributed by atoms with Crippen molar-refractivity contribution in [1.29, 1.82) is 0 Å². The van der Waals surface area contributed by atoms with Gasteiger partial charge in [-0.2, -0.15) is 0 Å². The van der Waals surface area contributed by atoms with Gasteiger partial charge in [-0.15, -0.1) is 0 Å². The van der Waals surface area contributed by atoms with Crippen LogP contribution in [0.1, 0.15) is 44.6 Å². The summed E-state index contributed by atoms with van der Waals surface area (Å²) < 4.78 is 37.0. The fourth-order valence-corrected chi connectivity index (χ4v) is 5.44. The Morgan fingerprint density at radius 2 is 1.68 bits per heavy atom. The fourth-order valence-electron chi connectivity index (χ4n) is 4.59. The largest absolute Gasteiger partial charge is 0.497 e. The van der Waals surface area contributed by atoms with E-state index in [1.807, 2.05) is 19.1 Å². The molecule has 0 bridgehead atoms. The van der Waals surface area contributed by atoms with Crippen LogP contribution in [-0.4, -0.2) is 64.2 Å². The van der Waals surface area contributed by atoms with Crippen LogP contribution in [0.25, 0.3) is 0 Å². The number of amides is 2. The molecule has 0 aromatic heterocycles. The molecule has 1 atom stereocenters. The van der Waals surface area contributed by atoms with E-state index < -0.39 is 28.5 Å². The molecule has 9 nitrogen and oxygen atoms in total. The lowest BCUT2D eigenvalue weighted by atomic mass is 10.1. The third-order valence-corrected chi connectivity index (χ3v) is 7.76. The standard InChI is InChI=1S/C27H37N3O6S/c1-5-25(27(32)28-21-9-6-7-10-21)29(18-20-13-15-23(35-2)16-14-20)26(31)19-30(37(4,33)34)22-11-8-12-24(17-22)36-3/h8,11-17,21,25H,5-7,9-10,18-19H2,1-4H3,(H,28,32)/t25-/m1/s1. The quantitative estimate of drug-likeness (QED) is 0.451. The zero-order chi connectivity index (χ0) is 27.0. The number of hydrogen-bond acceptors (Lipinski definition) is 6. The summed E-state index contributed by atoms with van der Waals surface area (Å²) in [6, 6.07) is 13.1. The number of nitrogens with zero attached hydrogens (tertiary/aromatic N) is 2. The smallest absolute Gasteiger partial charge is 0.244 e. The Labute approximate surface area is 219 Å². The third kappa shape index (κ3) is 7.61. The van der Waals surface area contributed by atoms with Crippen LogP contribution in [0.4, 0.5) is 5.69 Å². The Bertz CT molecular complexity index is 1160. The van der Waals surface area contributed by atoms with Crippen molar-refractivity contribution in [2.45, 2.75) is 57.7 Å². The molecule has 0 spiro atoms. The normalized spacial score (nSPS) is 14.6. The molecule has 10 heteroatoms. The van der Waals surface area contributed by atoms with Crippen molar-refractivity contribution < 1.29 is 27.5 Å². The Balaban J connectivity index is 1.92. The molecule has 1 aliphatic carbocycles. The van der Waals surface area contributed by atoms with Crippen molar-refractivity contribution in [2.24, 2.45) is 0 Å². The number of anilines is 1. The van der Waals surface area contributed by atoms with Gasteiger partial charge in [-0.1, -0.05) is 38.0 Å². The maximum absolute atomic E-state index is 13.8. The third-order valence-electron chi connectivity index (χ3n) is 6.62. The van der Waals surface area contributed by atoms with E-state index in [0.29, 0.717) is 23.6 Å². The molecule has 37 heavy (non-hydrogen) atoms. The minimum absolute atomic E-state index is 0.101. The van der Waals surface area contributed by atoms with Crippen LogP contribution in [-0.2, 0) is 26.2 Å². The summed E-state index contributed by atoms with van der Waals surface area (Å²) in [5.74, 6) is 0.450. The molecule has 0 saturated heterocycles. The molecule has 0 unspecified atom stereocenters. The average molecular weight is 532 g/mol. The second-order valence-corrected chi connectivity index (χ2v) is 11.2. The highest BCUT2D eigenvalue weighted by atomic mass is 32.2. The van der Waals surface area contributed by atoms with E-state index in [0.717, 1.165) is 41.8 Å². The molecule has 1 saturated carbocycles. The highest BCUT2D eigenvalue weighted by Gasteiger charge is 2.33. The lowest BCUT2D eigenvalue weighted by Crippen LogP contribution is -2.53. The van der Waals surface area contributed by atoms with Crippen molar-refractivity contribution in [1.82, 2.24) is 10.2 Å². The number of rotatable bonds is 12. The van der Waals surface area contributed by atoms with E-state index in [1.165, 1.54) is 12.0 Å². The van der Waals surface area contributed by atoms with Crippen molar-refractivity contribution in [3.05, 3.63) is 54.1 Å². The lowest BCUT2D eigenvalue weighted by molar-refractivity contribution is -0.140. The van der Waals surface area contributed by atoms with E-state index in [1.54, 1.807) is 43.5 Å². The van der Waals surface area contributed by atoms with E-state index in [-0.39, 0.29) is 18.5 Å². The summed E-state index contributed by atoms with van der Waals surface area (Å²) in [7, 11) is -0.752. The second-order valence-electron chi connectivity index (χ2n) is 9.25. The molecule has 2 aromatic rings. The van der Waals surface area contributed by atoms with Crippen molar-refractivity contribution >= 4 is 27.5 Å². The fraction of sp³-hybridized carbons (Fsp3) is 0.481. The van der Waals surface area contributed by atoms with Gasteiger partial charge < -0.3 is 19.7 Å². The van der Waals surface area contributed by atoms with Crippen LogP contribution in [0, 0.1) is 0 Å². The molecule has 202 valence electrons. The number of hydrogen-bond donors (Lipinski definition) is 1. The van der Waals surface area contributed by atoms with Crippen LogP contribution in [0.15, 0.2) is 48.5 Å². The number of nitrogens with one attached hydrogen (secondary N) is 1. The Hall–Kier alpha value is -3.27. The van der Waals surface area contributed by atoms with E-state index in [4.69, 9.17) is 9.47 Å². The van der Waals surface area contributed by atoms with Crippen LogP contribution < -0.4 is 19.1 Å². The number of ether oxygens (including phenoxy) is 2. The van der Waals surface area contributed by atoms with Crippen molar-refractivity contribution in [3.8, 4) is 11.5 Å². The van der Waals surface area contributed by atoms with Crippen LogP contribution in [0.3, 0.4) is 0 Å². The van der Waals surface area contributed by atoms with Gasteiger partial charge in [0.05, 0.1) is 26.2 Å². The first-order chi connectivity index (χ1) is 17.7. The number of carbonyl (C=O) groups excluding carboxylic acids is 2. The number of sulfonamides is 1. The molecule has 0 radical (unpaired) electrons. The van der Waals surface area contributed by atoms with Gasteiger partial charge in [0.1, 0.15) is 24.1 Å². The molecule has 2 aromatic carbocycles. The lowest BCUT2D eigenvalue weighted by Gasteiger charge is -2.33. The molecule has 0 aliphatic heterocycles. The summed E-state index contributed by atoms with van der Waals surface area (Å²) >= 11 is 0. The predicted octanol–water partition coefficient (Wildman–Crippen LogP) is 3.34. The molecule has 0 heterocycles. The zero-order valence-corrected chi connectivity index (χ0v) is 22.8. The van der Waals surface area contributed by atoms with Gasteiger partial charge in [-0.05, 0) is 49.1 Å². The van der Waals surface area contributed by atoms with Crippen LogP contribution in [0.2, 0.25) is 0 Å². The topological polar surface area (TPSA) is 105 Å². The maximum atomic E-state index is 13.8. The molecular weight excluding hydrogens is 494 g/mol. The van der Waals surface area contributed by atoms with Gasteiger partial charge in [0, 0.05) is 18.7 Å². The minimum Gasteiger partial charge on any atom is -0.497 e. The first kappa shape index (κ1) is 28.3. The SMILES string of the molecule is CC[C@H](C(=O)NC1CCCC1)N(Cc1ccc(OC)cc1)C(=O)CN(c1cccc(OC)c1)S(C)(=O)=O. The first-order valence-electron chi connectivity index (χ1n) is 12.5. The number of benzene rings is 2. The van der Waals surface area contributed by atoms with Crippen LogP contribution >= 0.6 is 0 Å². The van der Waals surface area contributed by atoms with Gasteiger partial charge in [-0.25, -0.2) is 8.42 Å². The maximum Gasteiger partial charge on any atom is 0.244 e. The van der Waals surface area contributed by atoms with Gasteiger partial charge in [0.25, 0.3) is 0 Å². The number of carbonyl (C=O) groups is 2. The van der Waals surface area contributed by atoms with Gasteiger partial charge >= 0.3 is 0 Å². The highest BCUT2D eigenvalue weighted by molar-refractivity contribution is 7.92. The monoisotopic (exact) mass is 531 g/mol. The van der Waals surface area contributed by atoms with E-state index in [9.17, 15) is 18.0 Å². The molecule has 1 N–H and O–H groups in total. The summed E-state index contributed by atoms with van der Waals surface area (Å²) in [4.78, 5) is 28.6. The zero-order valence-electron chi connectivity index (χ0n) is 22.0. The number of methoxy groups -OCH3 is 2. The average Bonchev–Trinajstić information content (AvgIpc) is 3.39. The Kier molecular flexibility index (Phi) is 9.79. The molecule has 1 fully saturated rings. The van der Waals surface area contributed by atoms with Crippen LogP contribution in [0.5, 0.6) is 11.5 Å². The highest BCUT2D eigenvalue weighted by Crippen LogP contribution is 2.25. The summed E-state index contributed by atoms with van der Waals surface area (Å²) in [6.45, 7) is 1.55. The summed E-state index contributed by atoms with van der Waals surface area (Å²) in [5, 5.41) is 3.10. The first-order valence-corrected chi connectivity index (χ1v) is 14.4. The molecular formula is C27H37N3O6S. The Morgan fingerprint density at radius 3 is 2.24 bits per heavy atom. The summed E-state index contributed by atoms with van der Waals surface area (Å²) in [5.41, 5.74) is 1.11. The Morgan fingerprint density at radius 1 is 1.03 bits per heavy atom. The van der Waals surface area contributed by atoms with E-state index >= 15 is 0 Å². The van der Waals surface area contributed by atoms with Crippen molar-refractivity contribution in [3.63, 3.8) is 0 Å². The van der Waals surface area contributed by atoms with Crippen molar-refractivity contribution in [2.75, 3.05) is 31.3 Å². The van der Waals surface area contributed by atoms with E-state index in [2.05, 4.69) is 5.32 Å². The minimum atomic E-state index is -3.81. The second kappa shape index (κ2) is 12.8. The van der Waals surface area contributed by atoms with Gasteiger partial charge in [0.2, 0.25) is 21.8 Å². The van der Waals surface area contributed by atoms with Gasteiger partial charge in [0.15, 0.2) is 0 Å². The molecule has 2 amide bonds. The van der Waals surface area contributed by atoms with Gasteiger partial charge in [-0.3, -0.25) is 13.9 Å². The molecule has 3 rings (SSSR count). The predicted molar refractivity (Wildman–Crippen MR) is 143 cm³/mol. The summed E-state index contributed by atoms with van der Waals surface area (Å²) in [6.07, 6.45) is 5.43. The molecule has 1 aliphatic rings.